The van der Waals surface area contributed by atoms with E-state index in [9.17, 15) is 9.18 Å². The summed E-state index contributed by atoms with van der Waals surface area (Å²) in [7, 11) is 0. The maximum Gasteiger partial charge on any atom is 0.227 e. The Labute approximate surface area is 107 Å². The van der Waals surface area contributed by atoms with Gasteiger partial charge in [0, 0.05) is 13.1 Å². The van der Waals surface area contributed by atoms with E-state index in [-0.39, 0.29) is 17.1 Å². The van der Waals surface area contributed by atoms with Gasteiger partial charge in [-0.05, 0) is 44.0 Å². The van der Waals surface area contributed by atoms with Crippen LogP contribution in [0.25, 0.3) is 0 Å². The number of hydrogen-bond acceptors (Lipinski definition) is 2. The van der Waals surface area contributed by atoms with Crippen molar-refractivity contribution in [2.75, 3.05) is 19.6 Å². The number of halogens is 1. The first kappa shape index (κ1) is 13.0. The quantitative estimate of drug-likeness (QED) is 0.850. The second-order valence-corrected chi connectivity index (χ2v) is 5.12. The summed E-state index contributed by atoms with van der Waals surface area (Å²) in [6.45, 7) is 4.23. The van der Waals surface area contributed by atoms with Crippen LogP contribution in [0.1, 0.15) is 18.9 Å². The van der Waals surface area contributed by atoms with Gasteiger partial charge in [-0.15, -0.1) is 0 Å². The van der Waals surface area contributed by atoms with Crippen molar-refractivity contribution < 1.29 is 9.18 Å². The number of hydrogen-bond donors (Lipinski definition) is 2. The standard InChI is InChI=1S/C14H19FN2O/c1-14(7-9-16-10-14)13(18)17-8-6-11-2-4-12(15)5-3-11/h2-5,16H,6-10H2,1H3,(H,17,18). The van der Waals surface area contributed by atoms with Crippen molar-refractivity contribution in [2.45, 2.75) is 19.8 Å². The van der Waals surface area contributed by atoms with Gasteiger partial charge in [-0.2, -0.15) is 0 Å². The lowest BCUT2D eigenvalue weighted by atomic mass is 9.89. The van der Waals surface area contributed by atoms with Crippen molar-refractivity contribution in [2.24, 2.45) is 5.41 Å². The van der Waals surface area contributed by atoms with E-state index in [0.29, 0.717) is 6.54 Å². The van der Waals surface area contributed by atoms with Crippen molar-refractivity contribution >= 4 is 5.91 Å². The van der Waals surface area contributed by atoms with Gasteiger partial charge in [-0.25, -0.2) is 4.39 Å². The van der Waals surface area contributed by atoms with Gasteiger partial charge in [0.05, 0.1) is 5.41 Å². The predicted octanol–water partition coefficient (Wildman–Crippen LogP) is 1.48. The van der Waals surface area contributed by atoms with Gasteiger partial charge in [0.15, 0.2) is 0 Å². The third-order valence-corrected chi connectivity index (χ3v) is 3.53. The van der Waals surface area contributed by atoms with Gasteiger partial charge in [-0.1, -0.05) is 12.1 Å². The summed E-state index contributed by atoms with van der Waals surface area (Å²) >= 11 is 0. The minimum atomic E-state index is -0.275. The second-order valence-electron chi connectivity index (χ2n) is 5.12. The summed E-state index contributed by atoms with van der Waals surface area (Å²) in [5, 5.41) is 6.16. The molecule has 0 aromatic heterocycles. The summed E-state index contributed by atoms with van der Waals surface area (Å²) in [5.41, 5.74) is 0.759. The largest absolute Gasteiger partial charge is 0.355 e. The molecule has 0 spiro atoms. The highest BCUT2D eigenvalue weighted by Crippen LogP contribution is 2.24. The Morgan fingerprint density at radius 2 is 2.17 bits per heavy atom. The molecule has 0 saturated carbocycles. The fraction of sp³-hybridized carbons (Fsp3) is 0.500. The van der Waals surface area contributed by atoms with Gasteiger partial charge in [0.25, 0.3) is 0 Å². The molecule has 1 aromatic rings. The fourth-order valence-corrected chi connectivity index (χ4v) is 2.20. The van der Waals surface area contributed by atoms with E-state index in [4.69, 9.17) is 0 Å². The average Bonchev–Trinajstić information content (AvgIpc) is 2.80. The van der Waals surface area contributed by atoms with E-state index in [1.165, 1.54) is 12.1 Å². The van der Waals surface area contributed by atoms with Crippen molar-refractivity contribution in [3.8, 4) is 0 Å². The van der Waals surface area contributed by atoms with E-state index in [0.717, 1.165) is 31.5 Å². The number of carbonyl (C=O) groups excluding carboxylic acids is 1. The number of nitrogens with one attached hydrogen (secondary N) is 2. The van der Waals surface area contributed by atoms with E-state index < -0.39 is 0 Å². The van der Waals surface area contributed by atoms with Crippen LogP contribution in [0.2, 0.25) is 0 Å². The minimum absolute atomic E-state index is 0.106. The Hall–Kier alpha value is -1.42. The molecule has 1 saturated heterocycles. The van der Waals surface area contributed by atoms with Crippen molar-refractivity contribution in [1.82, 2.24) is 10.6 Å². The first-order valence-electron chi connectivity index (χ1n) is 6.34. The molecule has 1 fully saturated rings. The lowest BCUT2D eigenvalue weighted by Gasteiger charge is -2.21. The SMILES string of the molecule is CC1(C(=O)NCCc2ccc(F)cc2)CCNC1. The van der Waals surface area contributed by atoms with E-state index in [1.54, 1.807) is 12.1 Å². The molecule has 1 aromatic carbocycles. The van der Waals surface area contributed by atoms with Crippen LogP contribution in [0.3, 0.4) is 0 Å². The monoisotopic (exact) mass is 250 g/mol. The molecular weight excluding hydrogens is 231 g/mol. The van der Waals surface area contributed by atoms with Crippen LogP contribution in [0.4, 0.5) is 4.39 Å². The molecule has 2 N–H and O–H groups in total. The summed E-state index contributed by atoms with van der Waals surface area (Å²) in [6, 6.07) is 6.39. The summed E-state index contributed by atoms with van der Waals surface area (Å²) in [6.07, 6.45) is 1.62. The molecule has 18 heavy (non-hydrogen) atoms. The molecule has 0 bridgehead atoms. The van der Waals surface area contributed by atoms with Gasteiger partial charge in [0.1, 0.15) is 5.82 Å². The fourth-order valence-electron chi connectivity index (χ4n) is 2.20. The highest BCUT2D eigenvalue weighted by Gasteiger charge is 2.35. The summed E-state index contributed by atoms with van der Waals surface area (Å²) in [5.74, 6) is -0.123. The first-order valence-corrected chi connectivity index (χ1v) is 6.34. The van der Waals surface area contributed by atoms with E-state index in [2.05, 4.69) is 10.6 Å². The van der Waals surface area contributed by atoms with Gasteiger partial charge in [0.2, 0.25) is 5.91 Å². The topological polar surface area (TPSA) is 41.1 Å². The van der Waals surface area contributed by atoms with Crippen LogP contribution in [0, 0.1) is 11.2 Å². The van der Waals surface area contributed by atoms with Crippen LogP contribution in [0.5, 0.6) is 0 Å². The molecule has 0 aliphatic carbocycles. The zero-order valence-electron chi connectivity index (χ0n) is 10.6. The molecule has 1 atom stereocenters. The number of benzene rings is 1. The number of carbonyl (C=O) groups is 1. The van der Waals surface area contributed by atoms with E-state index in [1.807, 2.05) is 6.92 Å². The molecule has 3 nitrogen and oxygen atoms in total. The smallest absolute Gasteiger partial charge is 0.227 e. The Morgan fingerprint density at radius 3 is 2.78 bits per heavy atom. The Kier molecular flexibility index (Phi) is 3.97. The Bertz CT molecular complexity index is 410. The Balaban J connectivity index is 1.78. The summed E-state index contributed by atoms with van der Waals surface area (Å²) < 4.78 is 12.7. The molecule has 1 aliphatic rings. The molecule has 98 valence electrons. The zero-order valence-corrected chi connectivity index (χ0v) is 10.6. The van der Waals surface area contributed by atoms with Crippen LogP contribution in [0.15, 0.2) is 24.3 Å². The lowest BCUT2D eigenvalue weighted by Crippen LogP contribution is -2.41. The molecule has 1 unspecified atom stereocenters. The van der Waals surface area contributed by atoms with Gasteiger partial charge < -0.3 is 10.6 Å². The number of rotatable bonds is 4. The molecule has 2 rings (SSSR count). The number of amides is 1. The molecule has 4 heteroatoms. The molecule has 1 aliphatic heterocycles. The minimum Gasteiger partial charge on any atom is -0.355 e. The highest BCUT2D eigenvalue weighted by atomic mass is 19.1. The van der Waals surface area contributed by atoms with Crippen LogP contribution in [-0.4, -0.2) is 25.5 Å². The predicted molar refractivity (Wildman–Crippen MR) is 68.7 cm³/mol. The van der Waals surface area contributed by atoms with Crippen LogP contribution in [-0.2, 0) is 11.2 Å². The van der Waals surface area contributed by atoms with Crippen molar-refractivity contribution in [3.05, 3.63) is 35.6 Å². The lowest BCUT2D eigenvalue weighted by molar-refractivity contribution is -0.129. The normalized spacial score (nSPS) is 23.0. The van der Waals surface area contributed by atoms with Crippen LogP contribution >= 0.6 is 0 Å². The van der Waals surface area contributed by atoms with Crippen molar-refractivity contribution in [1.29, 1.82) is 0 Å². The Morgan fingerprint density at radius 1 is 1.44 bits per heavy atom. The second kappa shape index (κ2) is 5.48. The molecule has 1 heterocycles. The molecular formula is C14H19FN2O. The average molecular weight is 250 g/mol. The zero-order chi connectivity index (χ0) is 13.0. The molecule has 0 radical (unpaired) electrons. The highest BCUT2D eigenvalue weighted by molar-refractivity contribution is 5.82. The maximum absolute atomic E-state index is 12.7. The third-order valence-electron chi connectivity index (χ3n) is 3.53. The maximum atomic E-state index is 12.7. The van der Waals surface area contributed by atoms with E-state index >= 15 is 0 Å². The van der Waals surface area contributed by atoms with Crippen LogP contribution < -0.4 is 10.6 Å². The van der Waals surface area contributed by atoms with Crippen molar-refractivity contribution in [3.63, 3.8) is 0 Å². The van der Waals surface area contributed by atoms with Gasteiger partial charge in [-0.3, -0.25) is 4.79 Å². The van der Waals surface area contributed by atoms with Gasteiger partial charge >= 0.3 is 0 Å². The third kappa shape index (κ3) is 3.07. The summed E-state index contributed by atoms with van der Waals surface area (Å²) in [4.78, 5) is 12.0. The first-order chi connectivity index (χ1) is 8.60. The molecule has 1 amide bonds.